The van der Waals surface area contributed by atoms with E-state index in [0.29, 0.717) is 6.42 Å². The van der Waals surface area contributed by atoms with Crippen molar-refractivity contribution in [3.8, 4) is 0 Å². The molecule has 0 saturated heterocycles. The van der Waals surface area contributed by atoms with Gasteiger partial charge in [-0.15, -0.1) is 0 Å². The van der Waals surface area contributed by atoms with Crippen LogP contribution >= 0.6 is 0 Å². The van der Waals surface area contributed by atoms with Gasteiger partial charge in [-0.2, -0.15) is 0 Å². The van der Waals surface area contributed by atoms with Crippen molar-refractivity contribution in [1.29, 1.82) is 0 Å². The van der Waals surface area contributed by atoms with Gasteiger partial charge in [0, 0.05) is 12.3 Å². The average Bonchev–Trinajstić information content (AvgIpc) is 2.54. The standard InChI is InChI=1S/C18H22N2O3S/c1-15(13-14-24(2,22)23)19-18(21)20(16-9-5-3-6-10-16)17-11-7-4-8-12-17/h3-12,15H,13-14H2,1-2H3,(H,19,21)/t15-/m1/s1. The van der Waals surface area contributed by atoms with E-state index in [-0.39, 0.29) is 17.8 Å². The number of hydrogen-bond donors (Lipinski definition) is 1. The molecule has 0 bridgehead atoms. The smallest absolute Gasteiger partial charge is 0.326 e. The summed E-state index contributed by atoms with van der Waals surface area (Å²) in [6, 6.07) is 18.1. The van der Waals surface area contributed by atoms with Crippen LogP contribution < -0.4 is 10.2 Å². The summed E-state index contributed by atoms with van der Waals surface area (Å²) in [5.74, 6) is 0.0467. The van der Waals surface area contributed by atoms with Gasteiger partial charge in [-0.1, -0.05) is 36.4 Å². The molecule has 128 valence electrons. The molecule has 2 aromatic rings. The molecular weight excluding hydrogens is 324 g/mol. The molecule has 0 spiro atoms. The van der Waals surface area contributed by atoms with Crippen LogP contribution in [-0.2, 0) is 9.84 Å². The van der Waals surface area contributed by atoms with Gasteiger partial charge in [0.15, 0.2) is 0 Å². The molecule has 0 aromatic heterocycles. The average molecular weight is 346 g/mol. The molecule has 2 amide bonds. The van der Waals surface area contributed by atoms with E-state index in [1.54, 1.807) is 11.8 Å². The molecule has 0 saturated carbocycles. The van der Waals surface area contributed by atoms with E-state index in [1.807, 2.05) is 60.7 Å². The molecule has 0 aliphatic rings. The third kappa shape index (κ3) is 5.38. The summed E-state index contributed by atoms with van der Waals surface area (Å²) in [6.07, 6.45) is 1.57. The summed E-state index contributed by atoms with van der Waals surface area (Å²) < 4.78 is 22.6. The summed E-state index contributed by atoms with van der Waals surface area (Å²) in [5, 5.41) is 2.87. The third-order valence-electron chi connectivity index (χ3n) is 3.52. The van der Waals surface area contributed by atoms with Crippen LogP contribution in [-0.4, -0.2) is 32.5 Å². The number of para-hydroxylation sites is 2. The van der Waals surface area contributed by atoms with Crippen LogP contribution in [0, 0.1) is 0 Å². The summed E-state index contributed by atoms with van der Waals surface area (Å²) in [6.45, 7) is 1.80. The zero-order valence-electron chi connectivity index (χ0n) is 13.8. The second-order valence-corrected chi connectivity index (χ2v) is 8.04. The number of rotatable bonds is 6. The number of amides is 2. The fourth-order valence-corrected chi connectivity index (χ4v) is 3.06. The maximum Gasteiger partial charge on any atom is 0.326 e. The van der Waals surface area contributed by atoms with E-state index < -0.39 is 9.84 Å². The van der Waals surface area contributed by atoms with Crippen molar-refractivity contribution in [1.82, 2.24) is 5.32 Å². The topological polar surface area (TPSA) is 66.5 Å². The molecule has 5 nitrogen and oxygen atoms in total. The number of anilines is 2. The Balaban J connectivity index is 2.17. The molecule has 2 rings (SSSR count). The zero-order chi connectivity index (χ0) is 17.6. The van der Waals surface area contributed by atoms with Gasteiger partial charge in [0.25, 0.3) is 0 Å². The molecule has 6 heteroatoms. The highest BCUT2D eigenvalue weighted by atomic mass is 32.2. The first kappa shape index (κ1) is 18.0. The fraction of sp³-hybridized carbons (Fsp3) is 0.278. The normalized spacial score (nSPS) is 12.4. The third-order valence-corrected chi connectivity index (χ3v) is 4.50. The van der Waals surface area contributed by atoms with Crippen LogP contribution in [0.15, 0.2) is 60.7 Å². The predicted molar refractivity (Wildman–Crippen MR) is 97.3 cm³/mol. The Labute approximate surface area is 143 Å². The second kappa shape index (κ2) is 7.97. The summed E-state index contributed by atoms with van der Waals surface area (Å²) in [4.78, 5) is 14.3. The largest absolute Gasteiger partial charge is 0.335 e. The second-order valence-electron chi connectivity index (χ2n) is 5.78. The van der Waals surface area contributed by atoms with Gasteiger partial charge in [0.1, 0.15) is 9.84 Å². The number of carbonyl (C=O) groups excluding carboxylic acids is 1. The Morgan fingerprint density at radius 3 is 1.88 bits per heavy atom. The van der Waals surface area contributed by atoms with Crippen molar-refractivity contribution < 1.29 is 13.2 Å². The van der Waals surface area contributed by atoms with Gasteiger partial charge < -0.3 is 5.32 Å². The van der Waals surface area contributed by atoms with Crippen LogP contribution in [0.1, 0.15) is 13.3 Å². The van der Waals surface area contributed by atoms with Crippen LogP contribution in [0.5, 0.6) is 0 Å². The van der Waals surface area contributed by atoms with E-state index in [2.05, 4.69) is 5.32 Å². The van der Waals surface area contributed by atoms with Crippen LogP contribution in [0.2, 0.25) is 0 Å². The van der Waals surface area contributed by atoms with Gasteiger partial charge >= 0.3 is 6.03 Å². The number of nitrogens with one attached hydrogen (secondary N) is 1. The van der Waals surface area contributed by atoms with Crippen LogP contribution in [0.3, 0.4) is 0 Å². The van der Waals surface area contributed by atoms with E-state index in [9.17, 15) is 13.2 Å². The van der Waals surface area contributed by atoms with Gasteiger partial charge in [-0.25, -0.2) is 13.2 Å². The van der Waals surface area contributed by atoms with Crippen LogP contribution in [0.4, 0.5) is 16.2 Å². The predicted octanol–water partition coefficient (Wildman–Crippen LogP) is 3.36. The number of sulfone groups is 1. The molecule has 1 N–H and O–H groups in total. The Bertz CT molecular complexity index is 722. The zero-order valence-corrected chi connectivity index (χ0v) is 14.7. The lowest BCUT2D eigenvalue weighted by Gasteiger charge is -2.25. The van der Waals surface area contributed by atoms with Crippen molar-refractivity contribution in [3.05, 3.63) is 60.7 Å². The number of hydrogen-bond acceptors (Lipinski definition) is 3. The maximum absolute atomic E-state index is 12.7. The molecule has 0 unspecified atom stereocenters. The number of carbonyl (C=O) groups is 1. The monoisotopic (exact) mass is 346 g/mol. The summed E-state index contributed by atoms with van der Waals surface area (Å²) in [7, 11) is -3.04. The van der Waals surface area contributed by atoms with Crippen LogP contribution in [0.25, 0.3) is 0 Å². The van der Waals surface area contributed by atoms with E-state index in [1.165, 1.54) is 6.26 Å². The summed E-state index contributed by atoms with van der Waals surface area (Å²) >= 11 is 0. The first-order chi connectivity index (χ1) is 11.4. The molecule has 0 heterocycles. The van der Waals surface area contributed by atoms with Crippen molar-refractivity contribution >= 4 is 27.2 Å². The van der Waals surface area contributed by atoms with Gasteiger partial charge in [0.2, 0.25) is 0 Å². The van der Waals surface area contributed by atoms with Crippen molar-refractivity contribution in [2.45, 2.75) is 19.4 Å². The minimum atomic E-state index is -3.04. The number of nitrogens with zero attached hydrogens (tertiary/aromatic N) is 1. The first-order valence-corrected chi connectivity index (χ1v) is 9.81. The Morgan fingerprint density at radius 1 is 1.00 bits per heavy atom. The van der Waals surface area contributed by atoms with E-state index >= 15 is 0 Å². The molecule has 0 aliphatic carbocycles. The Hall–Kier alpha value is -2.34. The lowest BCUT2D eigenvalue weighted by atomic mass is 10.2. The van der Waals surface area contributed by atoms with Gasteiger partial charge in [-0.05, 0) is 37.6 Å². The lowest BCUT2D eigenvalue weighted by Crippen LogP contribution is -2.42. The highest BCUT2D eigenvalue weighted by Crippen LogP contribution is 2.25. The molecular formula is C18H22N2O3S. The molecule has 24 heavy (non-hydrogen) atoms. The fourth-order valence-electron chi connectivity index (χ4n) is 2.28. The minimum Gasteiger partial charge on any atom is -0.335 e. The molecule has 0 fully saturated rings. The molecule has 2 aromatic carbocycles. The van der Waals surface area contributed by atoms with Crippen molar-refractivity contribution in [2.75, 3.05) is 16.9 Å². The number of benzene rings is 2. The van der Waals surface area contributed by atoms with Crippen molar-refractivity contribution in [2.24, 2.45) is 0 Å². The maximum atomic E-state index is 12.7. The van der Waals surface area contributed by atoms with Crippen molar-refractivity contribution in [3.63, 3.8) is 0 Å². The summed E-state index contributed by atoms with van der Waals surface area (Å²) in [5.41, 5.74) is 1.49. The molecule has 1 atom stereocenters. The Kier molecular flexibility index (Phi) is 5.98. The van der Waals surface area contributed by atoms with E-state index in [0.717, 1.165) is 11.4 Å². The highest BCUT2D eigenvalue weighted by molar-refractivity contribution is 7.90. The Morgan fingerprint density at radius 2 is 1.46 bits per heavy atom. The van der Waals surface area contributed by atoms with Gasteiger partial charge in [-0.3, -0.25) is 4.90 Å². The lowest BCUT2D eigenvalue weighted by molar-refractivity contribution is 0.245. The van der Waals surface area contributed by atoms with E-state index in [4.69, 9.17) is 0 Å². The van der Waals surface area contributed by atoms with Gasteiger partial charge in [0.05, 0.1) is 17.1 Å². The molecule has 0 radical (unpaired) electrons. The molecule has 0 aliphatic heterocycles. The number of urea groups is 1. The SMILES string of the molecule is C[C@H](CCS(C)(=O)=O)NC(=O)N(c1ccccc1)c1ccccc1. The highest BCUT2D eigenvalue weighted by Gasteiger charge is 2.19. The minimum absolute atomic E-state index is 0.0467. The quantitative estimate of drug-likeness (QED) is 0.872. The first-order valence-electron chi connectivity index (χ1n) is 7.75.